The lowest BCUT2D eigenvalue weighted by atomic mass is 10.1. The van der Waals surface area contributed by atoms with Crippen molar-refractivity contribution in [2.75, 3.05) is 6.61 Å². The van der Waals surface area contributed by atoms with Gasteiger partial charge in [-0.25, -0.2) is 0 Å². The zero-order valence-electron chi connectivity index (χ0n) is 11.4. The van der Waals surface area contributed by atoms with Gasteiger partial charge < -0.3 is 10.5 Å². The van der Waals surface area contributed by atoms with Gasteiger partial charge >= 0.3 is 0 Å². The Hall–Kier alpha value is -1.64. The first-order valence-electron chi connectivity index (χ1n) is 6.75. The van der Waals surface area contributed by atoms with Gasteiger partial charge in [-0.1, -0.05) is 61.5 Å². The zero-order chi connectivity index (χ0) is 13.5. The molecule has 0 saturated heterocycles. The van der Waals surface area contributed by atoms with Crippen molar-refractivity contribution < 1.29 is 4.74 Å². The number of nitrogens with two attached hydrogens (primary N) is 1. The highest BCUT2D eigenvalue weighted by Gasteiger charge is 2.06. The molecule has 2 aromatic rings. The van der Waals surface area contributed by atoms with Crippen LogP contribution in [0.4, 0.5) is 0 Å². The molecule has 0 saturated carbocycles. The van der Waals surface area contributed by atoms with Gasteiger partial charge in [0.15, 0.2) is 0 Å². The second kappa shape index (κ2) is 7.07. The molecule has 0 aliphatic rings. The Bertz CT molecular complexity index is 478. The van der Waals surface area contributed by atoms with Crippen LogP contribution in [0.1, 0.15) is 29.7 Å². The van der Waals surface area contributed by atoms with E-state index in [0.29, 0.717) is 13.2 Å². The second-order valence-corrected chi connectivity index (χ2v) is 4.70. The predicted molar refractivity (Wildman–Crippen MR) is 78.8 cm³/mol. The van der Waals surface area contributed by atoms with E-state index in [0.717, 1.165) is 12.0 Å². The molecule has 2 heteroatoms. The van der Waals surface area contributed by atoms with Gasteiger partial charge in [0.2, 0.25) is 0 Å². The summed E-state index contributed by atoms with van der Waals surface area (Å²) in [5.41, 5.74) is 9.77. The van der Waals surface area contributed by atoms with E-state index in [-0.39, 0.29) is 6.04 Å². The van der Waals surface area contributed by atoms with Crippen LogP contribution in [0.3, 0.4) is 0 Å². The average molecular weight is 255 g/mol. The Morgan fingerprint density at radius 2 is 1.63 bits per heavy atom. The van der Waals surface area contributed by atoms with Crippen LogP contribution in [0.25, 0.3) is 0 Å². The lowest BCUT2D eigenvalue weighted by Crippen LogP contribution is -2.17. The third-order valence-electron chi connectivity index (χ3n) is 3.23. The van der Waals surface area contributed by atoms with Gasteiger partial charge in [0.05, 0.1) is 19.3 Å². The monoisotopic (exact) mass is 255 g/mol. The third kappa shape index (κ3) is 4.19. The van der Waals surface area contributed by atoms with Crippen LogP contribution in [-0.4, -0.2) is 6.61 Å². The van der Waals surface area contributed by atoms with Gasteiger partial charge in [-0.3, -0.25) is 0 Å². The normalized spacial score (nSPS) is 12.3. The van der Waals surface area contributed by atoms with Crippen LogP contribution in [-0.2, 0) is 17.8 Å². The van der Waals surface area contributed by atoms with E-state index in [2.05, 4.69) is 43.3 Å². The summed E-state index contributed by atoms with van der Waals surface area (Å²) in [6.07, 6.45) is 1.06. The first-order chi connectivity index (χ1) is 9.29. The highest BCUT2D eigenvalue weighted by molar-refractivity contribution is 5.24. The summed E-state index contributed by atoms with van der Waals surface area (Å²) in [5.74, 6) is 0. The summed E-state index contributed by atoms with van der Waals surface area (Å²) >= 11 is 0. The molecule has 19 heavy (non-hydrogen) atoms. The summed E-state index contributed by atoms with van der Waals surface area (Å²) in [6.45, 7) is 3.31. The van der Waals surface area contributed by atoms with Crippen LogP contribution in [0.15, 0.2) is 54.6 Å². The van der Waals surface area contributed by atoms with Crippen LogP contribution in [0.2, 0.25) is 0 Å². The summed E-state index contributed by atoms with van der Waals surface area (Å²) < 4.78 is 5.67. The average Bonchev–Trinajstić information content (AvgIpc) is 2.48. The molecular formula is C17H21NO. The minimum Gasteiger partial charge on any atom is -0.375 e. The van der Waals surface area contributed by atoms with E-state index in [1.807, 2.05) is 18.2 Å². The van der Waals surface area contributed by atoms with Crippen LogP contribution < -0.4 is 5.73 Å². The Morgan fingerprint density at radius 3 is 2.26 bits per heavy atom. The molecule has 1 unspecified atom stereocenters. The molecular weight excluding hydrogens is 234 g/mol. The summed E-state index contributed by atoms with van der Waals surface area (Å²) in [7, 11) is 0. The quantitative estimate of drug-likeness (QED) is 0.858. The number of aryl methyl sites for hydroxylation is 1. The molecule has 0 aliphatic heterocycles. The fourth-order valence-electron chi connectivity index (χ4n) is 1.97. The summed E-state index contributed by atoms with van der Waals surface area (Å²) in [5, 5.41) is 0. The van der Waals surface area contributed by atoms with Gasteiger partial charge in [0.1, 0.15) is 0 Å². The van der Waals surface area contributed by atoms with Crippen LogP contribution >= 0.6 is 0 Å². The predicted octanol–water partition coefficient (Wildman–Crippen LogP) is 3.47. The SMILES string of the molecule is CCc1ccc(C(N)COCc2ccccc2)cc1. The van der Waals surface area contributed by atoms with E-state index in [1.165, 1.54) is 11.1 Å². The zero-order valence-corrected chi connectivity index (χ0v) is 11.4. The van der Waals surface area contributed by atoms with Gasteiger partial charge in [-0.2, -0.15) is 0 Å². The molecule has 0 heterocycles. The number of rotatable bonds is 6. The molecule has 0 aromatic heterocycles. The Kier molecular flexibility index (Phi) is 5.13. The van der Waals surface area contributed by atoms with Gasteiger partial charge in [0, 0.05) is 0 Å². The highest BCUT2D eigenvalue weighted by atomic mass is 16.5. The Balaban J connectivity index is 1.82. The lowest BCUT2D eigenvalue weighted by Gasteiger charge is -2.13. The van der Waals surface area contributed by atoms with Crippen molar-refractivity contribution >= 4 is 0 Å². The standard InChI is InChI=1S/C17H21NO/c1-2-14-8-10-16(11-9-14)17(18)13-19-12-15-6-4-3-5-7-15/h3-11,17H,2,12-13,18H2,1H3. The van der Waals surface area contributed by atoms with E-state index in [1.54, 1.807) is 0 Å². The molecule has 100 valence electrons. The Morgan fingerprint density at radius 1 is 0.947 bits per heavy atom. The fraction of sp³-hybridized carbons (Fsp3) is 0.294. The fourth-order valence-corrected chi connectivity index (χ4v) is 1.97. The molecule has 2 N–H and O–H groups in total. The van der Waals surface area contributed by atoms with Crippen molar-refractivity contribution in [1.82, 2.24) is 0 Å². The number of benzene rings is 2. The van der Waals surface area contributed by atoms with Crippen molar-refractivity contribution in [3.05, 3.63) is 71.3 Å². The maximum absolute atomic E-state index is 6.13. The van der Waals surface area contributed by atoms with E-state index >= 15 is 0 Å². The first-order valence-corrected chi connectivity index (χ1v) is 6.75. The Labute approximate surface area is 115 Å². The maximum atomic E-state index is 6.13. The highest BCUT2D eigenvalue weighted by Crippen LogP contribution is 2.13. The van der Waals surface area contributed by atoms with Crippen molar-refractivity contribution in [3.8, 4) is 0 Å². The molecule has 0 spiro atoms. The first kappa shape index (κ1) is 13.8. The number of hydrogen-bond donors (Lipinski definition) is 1. The molecule has 2 rings (SSSR count). The minimum absolute atomic E-state index is 0.0605. The van der Waals surface area contributed by atoms with Crippen LogP contribution in [0.5, 0.6) is 0 Å². The molecule has 1 atom stereocenters. The van der Waals surface area contributed by atoms with Crippen LogP contribution in [0, 0.1) is 0 Å². The molecule has 0 aliphatic carbocycles. The smallest absolute Gasteiger partial charge is 0.0717 e. The second-order valence-electron chi connectivity index (χ2n) is 4.70. The van der Waals surface area contributed by atoms with Crippen molar-refractivity contribution in [1.29, 1.82) is 0 Å². The van der Waals surface area contributed by atoms with Gasteiger partial charge in [-0.05, 0) is 23.1 Å². The minimum atomic E-state index is -0.0605. The number of ether oxygens (including phenoxy) is 1. The topological polar surface area (TPSA) is 35.2 Å². The molecule has 0 bridgehead atoms. The van der Waals surface area contributed by atoms with E-state index in [9.17, 15) is 0 Å². The van der Waals surface area contributed by atoms with Gasteiger partial charge in [-0.15, -0.1) is 0 Å². The van der Waals surface area contributed by atoms with Crippen molar-refractivity contribution in [3.63, 3.8) is 0 Å². The molecule has 2 nitrogen and oxygen atoms in total. The third-order valence-corrected chi connectivity index (χ3v) is 3.23. The van der Waals surface area contributed by atoms with Crippen molar-refractivity contribution in [2.24, 2.45) is 5.73 Å². The molecule has 0 radical (unpaired) electrons. The molecule has 0 amide bonds. The van der Waals surface area contributed by atoms with Crippen molar-refractivity contribution in [2.45, 2.75) is 26.0 Å². The molecule has 0 fully saturated rings. The largest absolute Gasteiger partial charge is 0.375 e. The maximum Gasteiger partial charge on any atom is 0.0717 e. The van der Waals surface area contributed by atoms with E-state index in [4.69, 9.17) is 10.5 Å². The lowest BCUT2D eigenvalue weighted by molar-refractivity contribution is 0.108. The van der Waals surface area contributed by atoms with Gasteiger partial charge in [0.25, 0.3) is 0 Å². The summed E-state index contributed by atoms with van der Waals surface area (Å²) in [6, 6.07) is 18.5. The molecule has 2 aromatic carbocycles. The number of hydrogen-bond acceptors (Lipinski definition) is 2. The van der Waals surface area contributed by atoms with E-state index < -0.39 is 0 Å². The summed E-state index contributed by atoms with van der Waals surface area (Å²) in [4.78, 5) is 0.